The second-order valence-electron chi connectivity index (χ2n) is 8.06. The van der Waals surface area contributed by atoms with E-state index in [0.717, 1.165) is 4.90 Å². The molecule has 2 unspecified atom stereocenters. The summed E-state index contributed by atoms with van der Waals surface area (Å²) in [5, 5.41) is 12.2. The van der Waals surface area contributed by atoms with Gasteiger partial charge in [-0.2, -0.15) is 5.26 Å². The van der Waals surface area contributed by atoms with Crippen LogP contribution in [0.1, 0.15) is 27.4 Å². The van der Waals surface area contributed by atoms with Crippen molar-refractivity contribution in [1.29, 1.82) is 5.26 Å². The van der Waals surface area contributed by atoms with Gasteiger partial charge in [0.05, 0.1) is 33.8 Å². The molecule has 1 aliphatic carbocycles. The Morgan fingerprint density at radius 1 is 1.24 bits per heavy atom. The number of carbonyl (C=O) groups excluding carboxylic acids is 2. The Labute approximate surface area is 232 Å². The van der Waals surface area contributed by atoms with Gasteiger partial charge in [0.1, 0.15) is 16.8 Å². The molecule has 1 fully saturated rings. The zero-order valence-electron chi connectivity index (χ0n) is 19.2. The van der Waals surface area contributed by atoms with E-state index in [2.05, 4.69) is 11.9 Å². The van der Waals surface area contributed by atoms with Gasteiger partial charge in [-0.25, -0.2) is 8.78 Å². The van der Waals surface area contributed by atoms with E-state index in [1.165, 1.54) is 43.5 Å². The van der Waals surface area contributed by atoms with Gasteiger partial charge < -0.3 is 10.2 Å². The molecule has 0 heterocycles. The maximum Gasteiger partial charge on any atom is 0.259 e. The van der Waals surface area contributed by atoms with Crippen LogP contribution in [0.2, 0.25) is 10.0 Å². The van der Waals surface area contributed by atoms with Crippen molar-refractivity contribution in [3.05, 3.63) is 99.5 Å². The molecule has 2 amide bonds. The predicted octanol–water partition coefficient (Wildman–Crippen LogP) is 7.36. The first kappa shape index (κ1) is 28.7. The highest BCUT2D eigenvalue weighted by Crippen LogP contribution is 2.65. The summed E-state index contributed by atoms with van der Waals surface area (Å²) < 4.78 is 25.5. The van der Waals surface area contributed by atoms with Gasteiger partial charge in [0, 0.05) is 23.7 Å². The van der Waals surface area contributed by atoms with Crippen LogP contribution in [0.25, 0.3) is 0 Å². The number of allylic oxidation sites excluding steroid dienone is 4. The molecule has 0 aromatic heterocycles. The second kappa shape index (κ2) is 11.7. The first-order valence-electron chi connectivity index (χ1n) is 10.7. The van der Waals surface area contributed by atoms with Crippen LogP contribution in [-0.2, 0) is 4.79 Å². The summed E-state index contributed by atoms with van der Waals surface area (Å²) in [4.78, 5) is 27.1. The van der Waals surface area contributed by atoms with Crippen molar-refractivity contribution >= 4 is 63.9 Å². The molecule has 0 radical (unpaired) electrons. The molecular formula is C26H19Cl4F2N3O2. The number of halogens is 6. The van der Waals surface area contributed by atoms with E-state index in [-0.39, 0.29) is 22.0 Å². The number of likely N-dealkylation sites (N-methyl/N-ethyl adjacent to an activating group) is 1. The maximum atomic E-state index is 14.3. The number of hydrogen-bond donors (Lipinski definition) is 1. The molecule has 0 spiro atoms. The Kier molecular flexibility index (Phi) is 9.04. The first-order valence-corrected chi connectivity index (χ1v) is 12.2. The quantitative estimate of drug-likeness (QED) is 0.260. The van der Waals surface area contributed by atoms with Crippen molar-refractivity contribution in [2.24, 2.45) is 5.92 Å². The smallest absolute Gasteiger partial charge is 0.259 e. The van der Waals surface area contributed by atoms with Crippen LogP contribution in [0.5, 0.6) is 0 Å². The van der Waals surface area contributed by atoms with Crippen molar-refractivity contribution in [2.75, 3.05) is 19.0 Å². The molecule has 192 valence electrons. The standard InChI is InChI=1S/C26H19Cl4F2N3O2/c1-3-4-21(20(32)7-8-31)35(2)25(37)18-12-17(5-6-19(18)28)34-24(36)23-22(26(23,29)30)15-9-14(13-33)10-16(27)11-15/h3-7,9-12,22-23H,1,8H2,2H3,(H,34,36)/b20-7+,21-4+. The van der Waals surface area contributed by atoms with E-state index in [1.54, 1.807) is 12.1 Å². The average molecular weight is 585 g/mol. The van der Waals surface area contributed by atoms with E-state index >= 15 is 0 Å². The van der Waals surface area contributed by atoms with Crippen LogP contribution < -0.4 is 5.32 Å². The largest absolute Gasteiger partial charge is 0.326 e. The van der Waals surface area contributed by atoms with E-state index in [1.807, 2.05) is 6.07 Å². The third-order valence-corrected chi connectivity index (χ3v) is 7.14. The zero-order valence-corrected chi connectivity index (χ0v) is 22.3. The lowest BCUT2D eigenvalue weighted by molar-refractivity contribution is -0.117. The highest BCUT2D eigenvalue weighted by atomic mass is 35.5. The van der Waals surface area contributed by atoms with Gasteiger partial charge >= 0.3 is 0 Å². The number of alkyl halides is 3. The summed E-state index contributed by atoms with van der Waals surface area (Å²) >= 11 is 25.1. The third-order valence-electron chi connectivity index (χ3n) is 5.65. The van der Waals surface area contributed by atoms with Gasteiger partial charge in [0.15, 0.2) is 0 Å². The minimum absolute atomic E-state index is 0.0407. The average Bonchev–Trinajstić information content (AvgIpc) is 3.44. The number of hydrogen-bond acceptors (Lipinski definition) is 3. The molecular weight excluding hydrogens is 566 g/mol. The van der Waals surface area contributed by atoms with Gasteiger partial charge in [-0.15, -0.1) is 23.2 Å². The second-order valence-corrected chi connectivity index (χ2v) is 10.3. The lowest BCUT2D eigenvalue weighted by atomic mass is 10.1. The van der Waals surface area contributed by atoms with Gasteiger partial charge in [0.2, 0.25) is 5.91 Å². The number of anilines is 1. The fourth-order valence-electron chi connectivity index (χ4n) is 3.84. The van der Waals surface area contributed by atoms with E-state index in [0.29, 0.717) is 22.2 Å². The monoisotopic (exact) mass is 583 g/mol. The number of nitrogens with zero attached hydrogens (tertiary/aromatic N) is 2. The molecule has 0 aliphatic heterocycles. The van der Waals surface area contributed by atoms with E-state index < -0.39 is 40.5 Å². The van der Waals surface area contributed by atoms with Gasteiger partial charge in [-0.05, 0) is 54.1 Å². The van der Waals surface area contributed by atoms with Gasteiger partial charge in [-0.1, -0.05) is 35.9 Å². The summed E-state index contributed by atoms with van der Waals surface area (Å²) in [7, 11) is 1.29. The number of rotatable bonds is 8. The number of nitrogens with one attached hydrogen (secondary N) is 1. The molecule has 0 bridgehead atoms. The van der Waals surface area contributed by atoms with Crippen molar-refractivity contribution in [1.82, 2.24) is 4.90 Å². The Hall–Kier alpha value is -2.89. The van der Waals surface area contributed by atoms with Crippen molar-refractivity contribution in [3.63, 3.8) is 0 Å². The SMILES string of the molecule is C=C/C=C(\C(F)=C/CF)N(C)C(=O)c1cc(NC(=O)C2C(c3cc(Cl)cc(C#N)c3)C2(Cl)Cl)ccc1Cl. The third kappa shape index (κ3) is 6.16. The molecule has 2 atom stereocenters. The fraction of sp³-hybridized carbons (Fsp3) is 0.192. The Balaban J connectivity index is 1.85. The molecule has 1 aliphatic rings. The van der Waals surface area contributed by atoms with Crippen molar-refractivity contribution in [2.45, 2.75) is 10.3 Å². The van der Waals surface area contributed by atoms with Gasteiger partial charge in [-0.3, -0.25) is 9.59 Å². The number of benzene rings is 2. The molecule has 2 aromatic rings. The zero-order chi connectivity index (χ0) is 27.5. The molecule has 1 saturated carbocycles. The van der Waals surface area contributed by atoms with Gasteiger partial charge in [0.25, 0.3) is 5.91 Å². The molecule has 5 nitrogen and oxygen atoms in total. The lowest BCUT2D eigenvalue weighted by Crippen LogP contribution is -2.27. The Bertz CT molecular complexity index is 1370. The molecule has 11 heteroatoms. The fourth-order valence-corrected chi connectivity index (χ4v) is 5.11. The predicted molar refractivity (Wildman–Crippen MR) is 142 cm³/mol. The Morgan fingerprint density at radius 2 is 1.95 bits per heavy atom. The Morgan fingerprint density at radius 3 is 2.57 bits per heavy atom. The van der Waals surface area contributed by atoms with E-state index in [9.17, 15) is 23.6 Å². The minimum Gasteiger partial charge on any atom is -0.326 e. The van der Waals surface area contributed by atoms with Crippen LogP contribution in [0, 0.1) is 17.2 Å². The first-order chi connectivity index (χ1) is 17.5. The van der Waals surface area contributed by atoms with Crippen molar-refractivity contribution in [3.8, 4) is 6.07 Å². The van der Waals surface area contributed by atoms with Crippen LogP contribution in [0.15, 0.2) is 72.7 Å². The molecule has 37 heavy (non-hydrogen) atoms. The summed E-state index contributed by atoms with van der Waals surface area (Å²) in [5.41, 5.74) is 0.766. The number of amides is 2. The number of carbonyl (C=O) groups is 2. The van der Waals surface area contributed by atoms with E-state index in [4.69, 9.17) is 46.4 Å². The van der Waals surface area contributed by atoms with Crippen LogP contribution in [-0.4, -0.2) is 34.8 Å². The normalized spacial score (nSPS) is 18.5. The molecule has 1 N–H and O–H groups in total. The summed E-state index contributed by atoms with van der Waals surface area (Å²) in [6, 6.07) is 10.8. The molecule has 3 rings (SSSR count). The van der Waals surface area contributed by atoms with Crippen LogP contribution in [0.4, 0.5) is 14.5 Å². The summed E-state index contributed by atoms with van der Waals surface area (Å²) in [6.45, 7) is 2.41. The topological polar surface area (TPSA) is 73.2 Å². The number of nitriles is 1. The lowest BCUT2D eigenvalue weighted by Gasteiger charge is -2.20. The van der Waals surface area contributed by atoms with Crippen LogP contribution >= 0.6 is 46.4 Å². The highest BCUT2D eigenvalue weighted by Gasteiger charge is 2.67. The van der Waals surface area contributed by atoms with Crippen molar-refractivity contribution < 1.29 is 18.4 Å². The highest BCUT2D eigenvalue weighted by molar-refractivity contribution is 6.53. The molecule has 2 aromatic carbocycles. The summed E-state index contributed by atoms with van der Waals surface area (Å²) in [5.74, 6) is -3.71. The van der Waals surface area contributed by atoms with Crippen LogP contribution in [0.3, 0.4) is 0 Å². The maximum absolute atomic E-state index is 14.3. The summed E-state index contributed by atoms with van der Waals surface area (Å²) in [6.07, 6.45) is 3.13. The molecule has 0 saturated heterocycles. The minimum atomic E-state index is -1.45.